The minimum atomic E-state index is -1.19. The standard InChI is InChI=1S/C29H23N3O7/c1-37-23-15-20(22(32(35)36)16-24(23)38-2)26-25-27(39-31(26)18-11-4-3-5-12-18)29(34)30(28(25)33)21-14-8-10-17-9-6-7-13-19(17)21/h3-16,25-27H,1-2H3/t25-,26-,27+/m1/s1. The van der Waals surface area contributed by atoms with Crippen LogP contribution in [0.2, 0.25) is 0 Å². The summed E-state index contributed by atoms with van der Waals surface area (Å²) in [5.74, 6) is -1.69. The summed E-state index contributed by atoms with van der Waals surface area (Å²) in [6.07, 6.45) is -1.19. The minimum absolute atomic E-state index is 0.162. The molecule has 10 heteroatoms. The summed E-state index contributed by atoms with van der Waals surface area (Å²) in [7, 11) is 2.80. The molecule has 0 radical (unpaired) electrons. The van der Waals surface area contributed by atoms with E-state index in [4.69, 9.17) is 14.3 Å². The van der Waals surface area contributed by atoms with E-state index in [9.17, 15) is 19.7 Å². The van der Waals surface area contributed by atoms with E-state index in [1.54, 1.807) is 36.4 Å². The molecule has 2 heterocycles. The number of methoxy groups -OCH3 is 2. The molecule has 0 spiro atoms. The van der Waals surface area contributed by atoms with Gasteiger partial charge in [0.2, 0.25) is 5.91 Å². The average Bonchev–Trinajstić information content (AvgIpc) is 3.47. The van der Waals surface area contributed by atoms with Gasteiger partial charge in [0.05, 0.1) is 42.1 Å². The predicted octanol–water partition coefficient (Wildman–Crippen LogP) is 4.82. The molecule has 0 bridgehead atoms. The Hall–Kier alpha value is -4.96. The van der Waals surface area contributed by atoms with Gasteiger partial charge in [0.25, 0.3) is 11.6 Å². The summed E-state index contributed by atoms with van der Waals surface area (Å²) in [6, 6.07) is 23.4. The van der Waals surface area contributed by atoms with Crippen LogP contribution in [0.3, 0.4) is 0 Å². The lowest BCUT2D eigenvalue weighted by Gasteiger charge is -2.29. The third-order valence-electron chi connectivity index (χ3n) is 7.18. The SMILES string of the molecule is COc1cc([C@@H]2[C@H]3C(=O)N(c4cccc5ccccc45)C(=O)[C@H]3ON2c2ccccc2)c([N+](=O)[O-])cc1OC. The second kappa shape index (κ2) is 9.41. The molecular formula is C29H23N3O7. The fourth-order valence-corrected chi connectivity index (χ4v) is 5.45. The van der Waals surface area contributed by atoms with Crippen LogP contribution in [0.4, 0.5) is 17.1 Å². The van der Waals surface area contributed by atoms with E-state index in [0.717, 1.165) is 15.7 Å². The van der Waals surface area contributed by atoms with Crippen molar-refractivity contribution < 1.29 is 28.8 Å². The number of ether oxygens (including phenoxy) is 2. The Kier molecular flexibility index (Phi) is 5.88. The molecule has 2 amide bonds. The highest BCUT2D eigenvalue weighted by Crippen LogP contribution is 2.51. The fraction of sp³-hybridized carbons (Fsp3) is 0.172. The summed E-state index contributed by atoms with van der Waals surface area (Å²) >= 11 is 0. The van der Waals surface area contributed by atoms with Crippen molar-refractivity contribution in [3.05, 3.63) is 101 Å². The second-order valence-electron chi connectivity index (χ2n) is 9.19. The van der Waals surface area contributed by atoms with Crippen molar-refractivity contribution >= 4 is 39.6 Å². The van der Waals surface area contributed by atoms with E-state index in [0.29, 0.717) is 11.4 Å². The summed E-state index contributed by atoms with van der Waals surface area (Å²) in [5, 5.41) is 15.3. The van der Waals surface area contributed by atoms with Gasteiger partial charge in [0, 0.05) is 5.39 Å². The average molecular weight is 526 g/mol. The van der Waals surface area contributed by atoms with Crippen molar-refractivity contribution in [1.29, 1.82) is 0 Å². The van der Waals surface area contributed by atoms with E-state index in [2.05, 4.69) is 0 Å². The van der Waals surface area contributed by atoms with Crippen LogP contribution in [0.5, 0.6) is 11.5 Å². The highest BCUT2D eigenvalue weighted by atomic mass is 16.7. The topological polar surface area (TPSA) is 111 Å². The Morgan fingerprint density at radius 3 is 2.23 bits per heavy atom. The quantitative estimate of drug-likeness (QED) is 0.200. The summed E-state index contributed by atoms with van der Waals surface area (Å²) in [5.41, 5.74) is 0.854. The third kappa shape index (κ3) is 3.76. The van der Waals surface area contributed by atoms with Gasteiger partial charge in [-0.15, -0.1) is 0 Å². The Morgan fingerprint density at radius 1 is 0.846 bits per heavy atom. The molecule has 2 aliphatic heterocycles. The van der Waals surface area contributed by atoms with E-state index in [1.807, 2.05) is 36.4 Å². The number of fused-ring (bicyclic) bond motifs is 2. The number of nitro benzene ring substituents is 1. The molecule has 10 nitrogen and oxygen atoms in total. The number of anilines is 2. The number of carbonyl (C=O) groups is 2. The smallest absolute Gasteiger partial charge is 0.278 e. The summed E-state index contributed by atoms with van der Waals surface area (Å²) in [6.45, 7) is 0. The van der Waals surface area contributed by atoms with E-state index in [-0.39, 0.29) is 22.7 Å². The van der Waals surface area contributed by atoms with Crippen molar-refractivity contribution in [2.75, 3.05) is 24.2 Å². The molecule has 4 aromatic carbocycles. The fourth-order valence-electron chi connectivity index (χ4n) is 5.45. The molecule has 4 aromatic rings. The molecule has 3 atom stereocenters. The first kappa shape index (κ1) is 24.4. The molecule has 0 aliphatic carbocycles. The van der Waals surface area contributed by atoms with Gasteiger partial charge in [-0.2, -0.15) is 0 Å². The van der Waals surface area contributed by atoms with E-state index >= 15 is 0 Å². The molecule has 2 aliphatic rings. The van der Waals surface area contributed by atoms with Crippen LogP contribution < -0.4 is 19.4 Å². The van der Waals surface area contributed by atoms with Crippen LogP contribution >= 0.6 is 0 Å². The van der Waals surface area contributed by atoms with Crippen molar-refractivity contribution in [3.63, 3.8) is 0 Å². The van der Waals surface area contributed by atoms with Gasteiger partial charge >= 0.3 is 0 Å². The number of carbonyl (C=O) groups excluding carboxylic acids is 2. The third-order valence-corrected chi connectivity index (χ3v) is 7.18. The Balaban J connectivity index is 1.53. The molecular weight excluding hydrogens is 502 g/mol. The van der Waals surface area contributed by atoms with Crippen LogP contribution in [-0.4, -0.2) is 37.1 Å². The summed E-state index contributed by atoms with van der Waals surface area (Å²) in [4.78, 5) is 47.0. The van der Waals surface area contributed by atoms with Crippen LogP contribution in [0.25, 0.3) is 10.8 Å². The van der Waals surface area contributed by atoms with Crippen LogP contribution in [0, 0.1) is 16.0 Å². The molecule has 0 N–H and O–H groups in total. The number of hydroxylamine groups is 1. The number of amides is 2. The van der Waals surface area contributed by atoms with Crippen LogP contribution in [0.15, 0.2) is 84.9 Å². The normalized spacial score (nSPS) is 20.4. The number of hydrogen-bond acceptors (Lipinski definition) is 8. The lowest BCUT2D eigenvalue weighted by molar-refractivity contribution is -0.385. The minimum Gasteiger partial charge on any atom is -0.493 e. The number of benzene rings is 4. The Labute approximate surface area is 223 Å². The van der Waals surface area contributed by atoms with Crippen LogP contribution in [-0.2, 0) is 14.4 Å². The summed E-state index contributed by atoms with van der Waals surface area (Å²) < 4.78 is 10.7. The maximum absolute atomic E-state index is 14.1. The predicted molar refractivity (Wildman–Crippen MR) is 143 cm³/mol. The maximum Gasteiger partial charge on any atom is 0.278 e. The largest absolute Gasteiger partial charge is 0.493 e. The number of nitro groups is 1. The Bertz CT molecular complexity index is 1620. The first-order valence-corrected chi connectivity index (χ1v) is 12.2. The van der Waals surface area contributed by atoms with Crippen molar-refractivity contribution in [2.24, 2.45) is 5.92 Å². The van der Waals surface area contributed by atoms with Gasteiger partial charge in [-0.05, 0) is 29.7 Å². The van der Waals surface area contributed by atoms with Gasteiger partial charge in [0.1, 0.15) is 12.0 Å². The number of imide groups is 1. The van der Waals surface area contributed by atoms with Gasteiger partial charge in [-0.1, -0.05) is 54.6 Å². The van der Waals surface area contributed by atoms with Crippen molar-refractivity contribution in [3.8, 4) is 11.5 Å². The van der Waals surface area contributed by atoms with Gasteiger partial charge in [-0.3, -0.25) is 24.5 Å². The highest BCUT2D eigenvalue weighted by molar-refractivity contribution is 6.26. The molecule has 0 unspecified atom stereocenters. The molecule has 6 rings (SSSR count). The van der Waals surface area contributed by atoms with Gasteiger partial charge in [0.15, 0.2) is 17.6 Å². The van der Waals surface area contributed by atoms with Crippen LogP contribution in [0.1, 0.15) is 11.6 Å². The number of rotatable bonds is 6. The van der Waals surface area contributed by atoms with Gasteiger partial charge in [-0.25, -0.2) is 9.96 Å². The molecule has 39 heavy (non-hydrogen) atoms. The Morgan fingerprint density at radius 2 is 1.51 bits per heavy atom. The zero-order valence-corrected chi connectivity index (χ0v) is 21.0. The van der Waals surface area contributed by atoms with Crippen molar-refractivity contribution in [1.82, 2.24) is 0 Å². The van der Waals surface area contributed by atoms with Gasteiger partial charge < -0.3 is 9.47 Å². The lowest BCUT2D eigenvalue weighted by Crippen LogP contribution is -2.37. The van der Waals surface area contributed by atoms with E-state index < -0.39 is 34.8 Å². The second-order valence-corrected chi connectivity index (χ2v) is 9.19. The number of hydrogen-bond donors (Lipinski definition) is 0. The molecule has 196 valence electrons. The van der Waals surface area contributed by atoms with E-state index in [1.165, 1.54) is 31.4 Å². The monoisotopic (exact) mass is 525 g/mol. The molecule has 0 aromatic heterocycles. The van der Waals surface area contributed by atoms with Crippen molar-refractivity contribution in [2.45, 2.75) is 12.1 Å². The molecule has 2 fully saturated rings. The maximum atomic E-state index is 14.1. The lowest BCUT2D eigenvalue weighted by atomic mass is 9.89. The zero-order valence-electron chi connectivity index (χ0n) is 21.0. The number of nitrogens with zero attached hydrogens (tertiary/aromatic N) is 3. The molecule has 0 saturated carbocycles. The first-order chi connectivity index (χ1) is 18.9. The first-order valence-electron chi connectivity index (χ1n) is 12.2. The highest BCUT2D eigenvalue weighted by Gasteiger charge is 2.61. The zero-order chi connectivity index (χ0) is 27.3. The molecule has 2 saturated heterocycles. The number of para-hydroxylation sites is 1.